The van der Waals surface area contributed by atoms with E-state index in [4.69, 9.17) is 15.0 Å². The van der Waals surface area contributed by atoms with Crippen LogP contribution in [0.25, 0.3) is 0 Å². The number of anilines is 1. The highest BCUT2D eigenvalue weighted by molar-refractivity contribution is 5.47. The predicted octanol–water partition coefficient (Wildman–Crippen LogP) is 2.14. The lowest BCUT2D eigenvalue weighted by Crippen LogP contribution is -2.15. The third-order valence-corrected chi connectivity index (χ3v) is 3.47. The fourth-order valence-electron chi connectivity index (χ4n) is 2.32. The Morgan fingerprint density at radius 2 is 2.00 bits per heavy atom. The maximum absolute atomic E-state index is 5.91. The van der Waals surface area contributed by atoms with Gasteiger partial charge in [0.05, 0.1) is 6.42 Å². The van der Waals surface area contributed by atoms with Crippen LogP contribution in [0.5, 0.6) is 0 Å². The maximum atomic E-state index is 5.91. The molecule has 2 aromatic rings. The van der Waals surface area contributed by atoms with Gasteiger partial charge in [0, 0.05) is 24.8 Å². The van der Waals surface area contributed by atoms with Crippen LogP contribution in [-0.4, -0.2) is 23.4 Å². The largest absolute Gasteiger partial charge is 0.398 e. The summed E-state index contributed by atoms with van der Waals surface area (Å²) in [6, 6.07) is 7.74. The van der Waals surface area contributed by atoms with Crippen molar-refractivity contribution in [1.82, 2.24) is 10.1 Å². The Morgan fingerprint density at radius 1 is 1.21 bits per heavy atom. The molecule has 0 saturated carbocycles. The normalized spacial score (nSPS) is 16.6. The molecule has 0 spiro atoms. The minimum Gasteiger partial charge on any atom is -0.398 e. The molecular weight excluding hydrogens is 242 g/mol. The summed E-state index contributed by atoms with van der Waals surface area (Å²) in [5, 5.41) is 4.08. The molecule has 3 rings (SSSR count). The van der Waals surface area contributed by atoms with Gasteiger partial charge in [-0.25, -0.2) is 0 Å². The van der Waals surface area contributed by atoms with Crippen molar-refractivity contribution >= 4 is 5.69 Å². The lowest BCUT2D eigenvalue weighted by atomic mass is 10.00. The standard InChI is InChI=1S/C14H17N3O2/c15-12-4-2-1-3-11(12)9-13-16-14(17-19-13)10-5-7-18-8-6-10/h1-4,10H,5-9,15H2. The Labute approximate surface area is 111 Å². The monoisotopic (exact) mass is 259 g/mol. The van der Waals surface area contributed by atoms with Gasteiger partial charge >= 0.3 is 0 Å². The Kier molecular flexibility index (Phi) is 3.46. The van der Waals surface area contributed by atoms with Crippen LogP contribution >= 0.6 is 0 Å². The quantitative estimate of drug-likeness (QED) is 0.855. The molecule has 1 aromatic heterocycles. The van der Waals surface area contributed by atoms with E-state index in [0.29, 0.717) is 18.2 Å². The molecule has 100 valence electrons. The number of benzene rings is 1. The Balaban J connectivity index is 1.73. The molecule has 1 aliphatic rings. The zero-order valence-corrected chi connectivity index (χ0v) is 10.7. The van der Waals surface area contributed by atoms with Gasteiger partial charge in [-0.1, -0.05) is 23.4 Å². The van der Waals surface area contributed by atoms with Gasteiger partial charge in [-0.2, -0.15) is 4.98 Å². The second kappa shape index (κ2) is 5.40. The van der Waals surface area contributed by atoms with Crippen LogP contribution in [0.3, 0.4) is 0 Å². The number of ether oxygens (including phenoxy) is 1. The van der Waals surface area contributed by atoms with E-state index < -0.39 is 0 Å². The number of nitrogens with two attached hydrogens (primary N) is 1. The van der Waals surface area contributed by atoms with E-state index in [1.165, 1.54) is 0 Å². The van der Waals surface area contributed by atoms with Crippen molar-refractivity contribution in [2.24, 2.45) is 0 Å². The van der Waals surface area contributed by atoms with Crippen molar-refractivity contribution in [3.8, 4) is 0 Å². The van der Waals surface area contributed by atoms with E-state index in [-0.39, 0.29) is 0 Å². The first-order chi connectivity index (χ1) is 9.33. The topological polar surface area (TPSA) is 74.2 Å². The molecule has 5 heteroatoms. The zero-order valence-electron chi connectivity index (χ0n) is 10.7. The number of nitrogen functional groups attached to an aromatic ring is 1. The zero-order chi connectivity index (χ0) is 13.1. The molecule has 0 amide bonds. The number of nitrogens with zero attached hydrogens (tertiary/aromatic N) is 2. The molecule has 1 aliphatic heterocycles. The summed E-state index contributed by atoms with van der Waals surface area (Å²) >= 11 is 0. The van der Waals surface area contributed by atoms with Crippen molar-refractivity contribution in [2.45, 2.75) is 25.2 Å². The Morgan fingerprint density at radius 3 is 2.79 bits per heavy atom. The molecule has 0 atom stereocenters. The predicted molar refractivity (Wildman–Crippen MR) is 70.8 cm³/mol. The molecule has 0 aliphatic carbocycles. The van der Waals surface area contributed by atoms with E-state index in [2.05, 4.69) is 10.1 Å². The van der Waals surface area contributed by atoms with Crippen molar-refractivity contribution in [1.29, 1.82) is 0 Å². The van der Waals surface area contributed by atoms with E-state index in [9.17, 15) is 0 Å². The van der Waals surface area contributed by atoms with Gasteiger partial charge < -0.3 is 15.0 Å². The van der Waals surface area contributed by atoms with Crippen molar-refractivity contribution in [3.05, 3.63) is 41.5 Å². The summed E-state index contributed by atoms with van der Waals surface area (Å²) in [4.78, 5) is 4.48. The van der Waals surface area contributed by atoms with E-state index in [1.807, 2.05) is 24.3 Å². The molecule has 0 unspecified atom stereocenters. The minimum atomic E-state index is 0.361. The molecular formula is C14H17N3O2. The van der Waals surface area contributed by atoms with Crippen LogP contribution in [-0.2, 0) is 11.2 Å². The molecule has 1 saturated heterocycles. The van der Waals surface area contributed by atoms with Crippen molar-refractivity contribution < 1.29 is 9.26 Å². The molecule has 0 bridgehead atoms. The molecule has 0 radical (unpaired) electrons. The molecule has 5 nitrogen and oxygen atoms in total. The molecule has 2 N–H and O–H groups in total. The van der Waals surface area contributed by atoms with Crippen molar-refractivity contribution in [2.75, 3.05) is 18.9 Å². The van der Waals surface area contributed by atoms with Crippen LogP contribution in [0.15, 0.2) is 28.8 Å². The smallest absolute Gasteiger partial charge is 0.231 e. The summed E-state index contributed by atoms with van der Waals surface area (Å²) in [5.41, 5.74) is 7.69. The Bertz CT molecular complexity index is 547. The maximum Gasteiger partial charge on any atom is 0.231 e. The van der Waals surface area contributed by atoms with E-state index in [0.717, 1.165) is 43.1 Å². The molecule has 19 heavy (non-hydrogen) atoms. The number of hydrogen-bond donors (Lipinski definition) is 1. The van der Waals surface area contributed by atoms with Gasteiger partial charge in [0.1, 0.15) is 0 Å². The van der Waals surface area contributed by atoms with Gasteiger partial charge in [0.15, 0.2) is 5.82 Å². The summed E-state index contributed by atoms with van der Waals surface area (Å²) in [6.07, 6.45) is 2.52. The van der Waals surface area contributed by atoms with Crippen LogP contribution in [0.1, 0.15) is 36.0 Å². The third kappa shape index (κ3) is 2.76. The summed E-state index contributed by atoms with van der Waals surface area (Å²) in [6.45, 7) is 1.56. The molecule has 2 heterocycles. The lowest BCUT2D eigenvalue weighted by Gasteiger charge is -2.18. The first-order valence-electron chi connectivity index (χ1n) is 6.56. The number of hydrogen-bond acceptors (Lipinski definition) is 5. The highest BCUT2D eigenvalue weighted by Gasteiger charge is 2.21. The second-order valence-electron chi connectivity index (χ2n) is 4.81. The van der Waals surface area contributed by atoms with Crippen LogP contribution in [0.2, 0.25) is 0 Å². The minimum absolute atomic E-state index is 0.361. The lowest BCUT2D eigenvalue weighted by molar-refractivity contribution is 0.0830. The van der Waals surface area contributed by atoms with Gasteiger partial charge in [-0.3, -0.25) is 0 Å². The first kappa shape index (κ1) is 12.2. The molecule has 1 aromatic carbocycles. The van der Waals surface area contributed by atoms with Gasteiger partial charge in [0.2, 0.25) is 5.89 Å². The van der Waals surface area contributed by atoms with E-state index >= 15 is 0 Å². The van der Waals surface area contributed by atoms with Gasteiger partial charge in [-0.05, 0) is 24.5 Å². The van der Waals surface area contributed by atoms with Crippen LogP contribution in [0.4, 0.5) is 5.69 Å². The number of para-hydroxylation sites is 1. The summed E-state index contributed by atoms with van der Waals surface area (Å²) in [7, 11) is 0. The second-order valence-corrected chi connectivity index (χ2v) is 4.81. The number of rotatable bonds is 3. The average molecular weight is 259 g/mol. The van der Waals surface area contributed by atoms with Crippen LogP contribution in [0, 0.1) is 0 Å². The van der Waals surface area contributed by atoms with E-state index in [1.54, 1.807) is 0 Å². The van der Waals surface area contributed by atoms with Gasteiger partial charge in [-0.15, -0.1) is 0 Å². The highest BCUT2D eigenvalue weighted by Crippen LogP contribution is 2.25. The van der Waals surface area contributed by atoms with Crippen molar-refractivity contribution in [3.63, 3.8) is 0 Å². The Hall–Kier alpha value is -1.88. The highest BCUT2D eigenvalue weighted by atomic mass is 16.5. The van der Waals surface area contributed by atoms with Gasteiger partial charge in [0.25, 0.3) is 0 Å². The SMILES string of the molecule is Nc1ccccc1Cc1nc(C2CCOCC2)no1. The first-order valence-corrected chi connectivity index (χ1v) is 6.56. The average Bonchev–Trinajstić information content (AvgIpc) is 2.91. The summed E-state index contributed by atoms with van der Waals surface area (Å²) < 4.78 is 10.7. The number of aromatic nitrogens is 2. The third-order valence-electron chi connectivity index (χ3n) is 3.47. The fraction of sp³-hybridized carbons (Fsp3) is 0.429. The summed E-state index contributed by atoms with van der Waals surface area (Å²) in [5.74, 6) is 1.78. The fourth-order valence-corrected chi connectivity index (χ4v) is 2.32. The van der Waals surface area contributed by atoms with Crippen LogP contribution < -0.4 is 5.73 Å². The molecule has 1 fully saturated rings.